The van der Waals surface area contributed by atoms with Gasteiger partial charge < -0.3 is 104 Å². The molecule has 11 N–H and O–H groups in total. The highest BCUT2D eigenvalue weighted by Gasteiger charge is 2.76. The van der Waals surface area contributed by atoms with Crippen LogP contribution in [0.5, 0.6) is 11.5 Å². The summed E-state index contributed by atoms with van der Waals surface area (Å²) in [6.07, 6.45) is 6.52. The summed E-state index contributed by atoms with van der Waals surface area (Å²) in [5, 5.41) is 15.0. The maximum absolute atomic E-state index is 15.0. The highest BCUT2D eigenvalue weighted by atomic mass is 35.5. The van der Waals surface area contributed by atoms with Crippen LogP contribution in [0.2, 0.25) is 0 Å². The number of halogens is 2. The molecule has 4 heterocycles. The van der Waals surface area contributed by atoms with Crippen LogP contribution in [0.25, 0.3) is 21.8 Å². The van der Waals surface area contributed by atoms with Gasteiger partial charge in [0.1, 0.15) is 18.7 Å². The number of benzene rings is 3. The Balaban J connectivity index is 0.678. The van der Waals surface area contributed by atoms with Crippen LogP contribution in [0.4, 0.5) is 26.7 Å². The van der Waals surface area contributed by atoms with Gasteiger partial charge in [0.15, 0.2) is 17.3 Å². The molecule has 9 amide bonds. The van der Waals surface area contributed by atoms with Gasteiger partial charge in [0.25, 0.3) is 5.17 Å². The first-order chi connectivity index (χ1) is 53.5. The van der Waals surface area contributed by atoms with Gasteiger partial charge in [-0.1, -0.05) is 26.0 Å². The summed E-state index contributed by atoms with van der Waals surface area (Å²) in [6.45, 7) is 13.6. The number of nitrogens with one attached hydrogen (secondary N) is 7. The molecule has 37 heteroatoms. The first-order valence-corrected chi connectivity index (χ1v) is 40.0. The number of primary amides is 1. The zero-order chi connectivity index (χ0) is 81.0. The first kappa shape index (κ1) is 87.5. The number of ketones is 1. The highest BCUT2D eigenvalue weighted by molar-refractivity contribution is 7.80. The lowest BCUT2D eigenvalue weighted by Crippen LogP contribution is -2.73. The molecule has 2 aliphatic heterocycles. The lowest BCUT2D eigenvalue weighted by atomic mass is 9.34. The largest absolute Gasteiger partial charge is 0.524 e. The van der Waals surface area contributed by atoms with Gasteiger partial charge in [-0.25, -0.2) is 14.2 Å². The van der Waals surface area contributed by atoms with Crippen molar-refractivity contribution >= 4 is 141 Å². The molecule has 10 rings (SSSR count). The molecule has 3 aliphatic carbocycles. The maximum Gasteiger partial charge on any atom is 0.524 e. The number of urea groups is 1. The molecule has 3 aromatic carbocycles. The minimum absolute atomic E-state index is 0.0520. The van der Waals surface area contributed by atoms with E-state index in [9.17, 15) is 52.7 Å². The molecule has 33 nitrogen and oxygen atoms in total. The van der Waals surface area contributed by atoms with Gasteiger partial charge in [0.2, 0.25) is 35.4 Å². The molecule has 5 aromatic rings. The van der Waals surface area contributed by atoms with E-state index in [1.54, 1.807) is 79.2 Å². The second-order valence-electron chi connectivity index (χ2n) is 28.7. The van der Waals surface area contributed by atoms with Crippen molar-refractivity contribution in [3.05, 3.63) is 88.8 Å². The van der Waals surface area contributed by atoms with E-state index < -0.39 is 60.6 Å². The number of aromatic amines is 2. The van der Waals surface area contributed by atoms with E-state index in [0.29, 0.717) is 137 Å². The van der Waals surface area contributed by atoms with Crippen molar-refractivity contribution in [3.63, 3.8) is 0 Å². The van der Waals surface area contributed by atoms with E-state index in [0.717, 1.165) is 27.6 Å². The number of nitrogens with two attached hydrogens (primary N) is 1. The van der Waals surface area contributed by atoms with Crippen LogP contribution in [-0.4, -0.2) is 245 Å². The number of alkyl halides is 2. The minimum atomic E-state index is -4.99. The van der Waals surface area contributed by atoms with Crippen LogP contribution in [0.3, 0.4) is 0 Å². The van der Waals surface area contributed by atoms with Gasteiger partial charge in [0, 0.05) is 130 Å². The second kappa shape index (κ2) is 40.5. The number of rotatable bonds is 45. The van der Waals surface area contributed by atoms with E-state index in [1.807, 2.05) is 20.0 Å². The number of carbonyl (C=O) groups excluding carboxylic acids is 9. The zero-order valence-electron chi connectivity index (χ0n) is 63.9. The number of ether oxygens (including phenoxy) is 8. The number of aromatic nitrogens is 2. The molecular formula is C75H101Cl2N12O21PS. The van der Waals surface area contributed by atoms with Gasteiger partial charge >= 0.3 is 19.9 Å². The number of nitrogens with zero attached hydrogens (tertiary/aromatic N) is 4. The van der Waals surface area contributed by atoms with E-state index in [-0.39, 0.29) is 136 Å². The van der Waals surface area contributed by atoms with E-state index in [4.69, 9.17) is 83.6 Å². The van der Waals surface area contributed by atoms with Crippen LogP contribution < -0.4 is 51.4 Å². The highest BCUT2D eigenvalue weighted by Crippen LogP contribution is 2.75. The Morgan fingerprint density at radius 2 is 1.19 bits per heavy atom. The van der Waals surface area contributed by atoms with Crippen LogP contribution >= 0.6 is 43.2 Å². The van der Waals surface area contributed by atoms with Gasteiger partial charge in [-0.15, -0.1) is 23.2 Å². The Hall–Kier alpha value is -8.51. The lowest BCUT2D eigenvalue weighted by molar-refractivity contribution is -0.205. The summed E-state index contributed by atoms with van der Waals surface area (Å²) in [7, 11) is -1.70. The van der Waals surface area contributed by atoms with Crippen molar-refractivity contribution in [2.45, 2.75) is 104 Å². The number of allylic oxidation sites excluding steroid dienone is 1. The van der Waals surface area contributed by atoms with Crippen LogP contribution in [0.1, 0.15) is 98.9 Å². The summed E-state index contributed by atoms with van der Waals surface area (Å²) in [5.74, 6) is -2.71. The number of hydrogen-bond acceptors (Lipinski definition) is 20. The Bertz CT molecular complexity index is 4270. The van der Waals surface area contributed by atoms with Gasteiger partial charge in [-0.05, 0) is 117 Å². The average Bonchev–Trinajstić information content (AvgIpc) is 0.972. The third kappa shape index (κ3) is 22.7. The fourth-order valence-corrected chi connectivity index (χ4v) is 15.4. The van der Waals surface area contributed by atoms with E-state index >= 15 is 4.79 Å². The fourth-order valence-electron chi connectivity index (χ4n) is 14.3. The second-order valence-corrected chi connectivity index (χ2v) is 30.8. The summed E-state index contributed by atoms with van der Waals surface area (Å²) < 4.78 is 62.3. The number of amides is 9. The van der Waals surface area contributed by atoms with Crippen LogP contribution in [-0.2, 0) is 77.9 Å². The molecule has 0 saturated heterocycles. The monoisotopic (exact) mass is 1640 g/mol. The smallest absolute Gasteiger partial charge is 0.445 e. The predicted molar refractivity (Wildman–Crippen MR) is 421 cm³/mol. The molecule has 0 unspecified atom stereocenters. The molecule has 0 spiro atoms. The number of phosphoric acid groups is 1. The first-order valence-electron chi connectivity index (χ1n) is 37.0. The summed E-state index contributed by atoms with van der Waals surface area (Å²) >= 11 is 19.1. The molecule has 2 aromatic heterocycles. The number of carbonyl (C=O) groups is 9. The van der Waals surface area contributed by atoms with Crippen molar-refractivity contribution in [2.75, 3.05) is 160 Å². The fraction of sp³-hybridized carbons (Fsp3) is 0.547. The van der Waals surface area contributed by atoms with Crippen molar-refractivity contribution < 1.29 is 99.9 Å². The van der Waals surface area contributed by atoms with Crippen LogP contribution in [0, 0.1) is 30.6 Å². The normalized spacial score (nSPS) is 18.0. The van der Waals surface area contributed by atoms with Gasteiger partial charge in [-0.3, -0.25) is 43.3 Å². The van der Waals surface area contributed by atoms with Crippen molar-refractivity contribution in [2.24, 2.45) is 22.5 Å². The number of fused-ring (bicyclic) bond motifs is 6. The Morgan fingerprint density at radius 1 is 0.688 bits per heavy atom. The summed E-state index contributed by atoms with van der Waals surface area (Å²) in [6, 6.07) is 6.95. The van der Waals surface area contributed by atoms with Crippen molar-refractivity contribution in [3.8, 4) is 11.5 Å². The number of likely N-dealkylation sites (N-methyl/N-ethyl adjacent to an activating group) is 2. The lowest BCUT2D eigenvalue weighted by Gasteiger charge is -2.69. The quantitative estimate of drug-likeness (QED) is 0.00647. The molecule has 112 heavy (non-hydrogen) atoms. The summed E-state index contributed by atoms with van der Waals surface area (Å²) in [5.41, 5.74) is 10.1. The number of hydrogen-bond donors (Lipinski definition) is 10. The number of aryl methyl sites for hydroxylation is 2. The molecule has 612 valence electrons. The Morgan fingerprint density at radius 3 is 1.69 bits per heavy atom. The molecular weight excluding hydrogens is 1540 g/mol. The van der Waals surface area contributed by atoms with E-state index in [1.165, 1.54) is 30.0 Å². The van der Waals surface area contributed by atoms with Crippen molar-refractivity contribution in [1.82, 2.24) is 41.0 Å². The maximum atomic E-state index is 15.0. The third-order valence-electron chi connectivity index (χ3n) is 19.9. The minimum Gasteiger partial charge on any atom is -0.445 e. The molecule has 4 atom stereocenters. The molecule has 3 fully saturated rings. The van der Waals surface area contributed by atoms with Gasteiger partial charge in [-0.2, -0.15) is 0 Å². The topological polar surface area (TPSA) is 425 Å². The molecule has 0 radical (unpaired) electrons. The van der Waals surface area contributed by atoms with Gasteiger partial charge in [0.05, 0.1) is 113 Å². The Kier molecular flexibility index (Phi) is 31.6. The average molecular weight is 1640 g/mol. The third-order valence-corrected chi connectivity index (χ3v) is 21.5. The number of H-pyrrole nitrogens is 2. The van der Waals surface area contributed by atoms with E-state index in [2.05, 4.69) is 36.6 Å². The predicted octanol–water partition coefficient (Wildman–Crippen LogP) is 6.57. The van der Waals surface area contributed by atoms with Crippen molar-refractivity contribution in [1.29, 1.82) is 0 Å². The molecule has 2 bridgehead atoms. The standard InChI is InChI=1S/C75H101Cl2N12O21PS/c1-45(2)64(85-59(92)16-21-102-23-25-104-27-29-106-31-32-107-30-28-105-26-24-103-22-18-79-58(91)15-10-48(5)90)68(94)84-53(9-8-17-80-71(78)97)67(93)83-52-13-11-49(12-14-52)41-108-72(98)86(6)19-20-87(7)73(112)109-56-33-54-62(60-46(3)37-81-65(56)60)50(35-76)39-88(54)69(95)74-42-75(43-74,44-74)70(96)89-40-51(36-77)63-55(89)34-57(110-111(99,100)101)66-61(63)47(4)38-82-66/h10-15,33-34,37-38,45,50-51,53,64,81-82H,8-9,16-32,35-36,39-44H2,1-7H3,(H,79,91)(H,83,93)(H,84,94)(H,85,92)(H3,78,80,97)(H2,99,100,101)/b15-10-/t50-,51-,53+,64+,74?,75?/m1/s1. The SMILES string of the molecule is CC(=O)/C=C\C(=O)NCCOCCOCCOCCOCCOCCOCCC(=O)N[C@H](C(=O)N[C@@H](CCCNC(N)=O)C(=O)Nc1ccc(COC(=O)N(C)CCN(C)C(=S)Oc2cc3c(c4c(C)c[nH]c24)[C@H](CCl)CN3C(=O)C23CC(C(=O)N4C[C@@H](CCl)c5c4cc(OP(=O)(O)O)c4[nH]cc(C)c54)(C2)C3)cc1)C(C)C. The number of phosphoric ester groups is 1. The zero-order valence-corrected chi connectivity index (χ0v) is 67.1. The Labute approximate surface area is 664 Å². The molecule has 3 saturated carbocycles. The summed E-state index contributed by atoms with van der Waals surface area (Å²) in [4.78, 5) is 150. The molecule has 5 aliphatic rings. The van der Waals surface area contributed by atoms with Crippen LogP contribution in [0.15, 0.2) is 60.9 Å². The number of thiocarbonyl (C=S) groups is 1. The number of anilines is 3.